The van der Waals surface area contributed by atoms with Crippen molar-refractivity contribution in [3.05, 3.63) is 52.1 Å². The van der Waals surface area contributed by atoms with Crippen LogP contribution in [0.3, 0.4) is 0 Å². The number of hydroxylamine groups is 2. The number of nitrogens with one attached hydrogen (secondary N) is 2. The Hall–Kier alpha value is -5.22. The van der Waals surface area contributed by atoms with Crippen LogP contribution in [-0.2, 0) is 87.5 Å². The van der Waals surface area contributed by atoms with Crippen LogP contribution in [0, 0.1) is 18.8 Å². The van der Waals surface area contributed by atoms with Crippen molar-refractivity contribution in [2.75, 3.05) is 110 Å². The van der Waals surface area contributed by atoms with Gasteiger partial charge < -0.3 is 62.8 Å². The molecule has 9 atom stereocenters. The molecule has 0 spiro atoms. The predicted molar refractivity (Wildman–Crippen MR) is 313 cm³/mol. The minimum Gasteiger partial charge on any atom is -0.457 e. The molecule has 476 valence electrons. The van der Waals surface area contributed by atoms with Crippen LogP contribution in [0.25, 0.3) is 0 Å². The first-order valence-electron chi connectivity index (χ1n) is 29.2. The molecular formula is C59H88ClN5O19S. The third-order valence-corrected chi connectivity index (χ3v) is 16.6. The summed E-state index contributed by atoms with van der Waals surface area (Å²) in [7, 11) is 1.62. The summed E-state index contributed by atoms with van der Waals surface area (Å²) in [6.45, 7) is 19.9. The molecule has 6 amide bonds. The number of fused-ring (bicyclic) bond motifs is 5. The van der Waals surface area contributed by atoms with Crippen molar-refractivity contribution in [2.24, 2.45) is 11.8 Å². The number of ether oxygens (including phenoxy) is 9. The molecule has 5 aliphatic rings. The largest absolute Gasteiger partial charge is 0.457 e. The van der Waals surface area contributed by atoms with Gasteiger partial charge in [0.05, 0.1) is 108 Å². The molecule has 5 heterocycles. The van der Waals surface area contributed by atoms with E-state index in [2.05, 4.69) is 10.6 Å². The van der Waals surface area contributed by atoms with Gasteiger partial charge in [-0.05, 0) is 71.6 Å². The van der Waals surface area contributed by atoms with Crippen LogP contribution in [-0.4, -0.2) is 209 Å². The Balaban J connectivity index is 0.000000481. The quantitative estimate of drug-likeness (QED) is 0.0433. The predicted octanol–water partition coefficient (Wildman–Crippen LogP) is 4.94. The van der Waals surface area contributed by atoms with Gasteiger partial charge in [0.15, 0.2) is 6.10 Å². The molecule has 1 aromatic rings. The number of amides is 6. The highest BCUT2D eigenvalue weighted by Gasteiger charge is 2.64. The molecule has 0 saturated carbocycles. The second kappa shape index (κ2) is 34.9. The fourth-order valence-corrected chi connectivity index (χ4v) is 11.1. The number of alkyl carbamates (subject to hydrolysis) is 1. The lowest BCUT2D eigenvalue weighted by Crippen LogP contribution is -2.60. The van der Waals surface area contributed by atoms with Gasteiger partial charge in [-0.2, -0.15) is 5.06 Å². The van der Waals surface area contributed by atoms with Crippen LogP contribution in [0.1, 0.15) is 105 Å². The van der Waals surface area contributed by atoms with Gasteiger partial charge in [-0.1, -0.05) is 55.3 Å². The van der Waals surface area contributed by atoms with E-state index in [1.165, 1.54) is 23.6 Å². The molecule has 0 aliphatic carbocycles. The van der Waals surface area contributed by atoms with Crippen molar-refractivity contribution >= 4 is 76.6 Å². The number of aryl methyl sites for hydroxylation is 1. The number of carbonyl (C=O) groups excluding carboxylic acids is 8. The highest BCUT2D eigenvalue weighted by atomic mass is 35.5. The average molecular weight is 1240 g/mol. The summed E-state index contributed by atoms with van der Waals surface area (Å²) in [5, 5.41) is 17.9. The highest BCUT2D eigenvalue weighted by molar-refractivity contribution is 8.00. The first kappa shape index (κ1) is 70.5. The summed E-state index contributed by atoms with van der Waals surface area (Å²) in [6, 6.07) is 3.83. The summed E-state index contributed by atoms with van der Waals surface area (Å²) in [5.41, 5.74) is 0.430. The first-order valence-corrected chi connectivity index (χ1v) is 30.7. The van der Waals surface area contributed by atoms with Crippen LogP contribution >= 0.6 is 23.4 Å². The number of thioether (sulfide) groups is 1. The Kier molecular flexibility index (Phi) is 29.0. The van der Waals surface area contributed by atoms with E-state index in [1.807, 2.05) is 65.0 Å². The van der Waals surface area contributed by atoms with Crippen LogP contribution in [0.4, 0.5) is 10.5 Å². The summed E-state index contributed by atoms with van der Waals surface area (Å²) in [5.74, 6) is -3.07. The molecule has 3 N–H and O–H groups in total. The van der Waals surface area contributed by atoms with Crippen molar-refractivity contribution in [3.63, 3.8) is 0 Å². The Morgan fingerprint density at radius 2 is 1.56 bits per heavy atom. The number of aliphatic hydroxyl groups is 1. The number of likely N-dealkylation sites (tertiary alicyclic amines) is 1. The molecule has 85 heavy (non-hydrogen) atoms. The minimum atomic E-state index is -1.62. The molecule has 6 rings (SSSR count). The second-order valence-corrected chi connectivity index (χ2v) is 23.3. The SMILES string of the molecule is CCNC(=O)CCN1C(=O)CC(SCCOCCO[C@@H](C)C(=O)O[C@H]2CC(=O)N(C)c3cc(cc(C)c3Cl)C/C(C)=C/C=C/[C@@H](C)[C@@]3(O)CC(OC(=O)N3)[C@@H](C)[C@@H]3O[C@@]23C)C1=O.CCOCCOCCOCCOCCC(=O)ON1CCCC1=O. The number of hydrogen-bond acceptors (Lipinski definition) is 20. The number of epoxide rings is 1. The number of hydrogen-bond donors (Lipinski definition) is 3. The zero-order valence-electron chi connectivity index (χ0n) is 50.6. The standard InChI is InChI=1S/C44H61ClN4O12S.C15H27NO7/c1-9-46-35(50)13-14-49-37(52)22-33(40(49)53)62-18-17-57-15-16-58-29(6)41(54)60-34-23-36(51)48(8)31-21-30(20-26(3)38(31)45)19-25(2)11-10-12-27(4)44(56)24-32(59-42(55)47-44)28(5)39-43(34,7)61-39;1-2-19-8-9-21-12-13-22-11-10-20-7-5-15(18)23-16-6-3-4-14(16)17/h10-12,20-21,27-29,32-34,39,56H,9,13-19,22-24H2,1-8H3,(H,46,50)(H,47,55);2-13H2,1H3/b12-10+,25-11+;/t27-,28-,29+,32?,33?,34+,39+,43+,44+;/m1./s1. The van der Waals surface area contributed by atoms with E-state index in [4.69, 9.17) is 59.1 Å². The molecule has 0 aromatic heterocycles. The number of imide groups is 1. The third-order valence-electron chi connectivity index (χ3n) is 15.0. The van der Waals surface area contributed by atoms with Crippen LogP contribution in [0.2, 0.25) is 5.02 Å². The topological polar surface area (TPSA) is 286 Å². The molecule has 1 aromatic carbocycles. The summed E-state index contributed by atoms with van der Waals surface area (Å²) in [6.07, 6.45) is 3.07. The van der Waals surface area contributed by atoms with Gasteiger partial charge in [-0.15, -0.1) is 11.8 Å². The van der Waals surface area contributed by atoms with Gasteiger partial charge in [0.1, 0.15) is 23.5 Å². The Morgan fingerprint density at radius 3 is 2.24 bits per heavy atom. The van der Waals surface area contributed by atoms with Crippen molar-refractivity contribution in [1.82, 2.24) is 20.6 Å². The van der Waals surface area contributed by atoms with Gasteiger partial charge >= 0.3 is 18.0 Å². The van der Waals surface area contributed by atoms with E-state index >= 15 is 0 Å². The van der Waals surface area contributed by atoms with Crippen LogP contribution < -0.4 is 15.5 Å². The number of allylic oxidation sites excluding steroid dienone is 3. The van der Waals surface area contributed by atoms with Gasteiger partial charge in [0.2, 0.25) is 23.6 Å². The molecule has 24 nitrogen and oxygen atoms in total. The zero-order chi connectivity index (χ0) is 62.3. The zero-order valence-corrected chi connectivity index (χ0v) is 52.2. The van der Waals surface area contributed by atoms with E-state index < -0.39 is 70.9 Å². The molecule has 2 unspecified atom stereocenters. The molecule has 0 radical (unpaired) electrons. The second-order valence-electron chi connectivity index (χ2n) is 21.6. The lowest BCUT2D eigenvalue weighted by molar-refractivity contribution is -0.193. The number of carbonyl (C=O) groups is 8. The number of esters is 1. The molecule has 4 saturated heterocycles. The minimum absolute atomic E-state index is 0.0373. The Bertz CT molecular complexity index is 2510. The maximum absolute atomic E-state index is 14.1. The van der Waals surface area contributed by atoms with Gasteiger partial charge in [-0.25, -0.2) is 14.4 Å². The van der Waals surface area contributed by atoms with E-state index in [0.29, 0.717) is 88.6 Å². The molecule has 5 aliphatic heterocycles. The van der Waals surface area contributed by atoms with Gasteiger partial charge in [0.25, 0.3) is 5.91 Å². The van der Waals surface area contributed by atoms with Crippen molar-refractivity contribution in [1.29, 1.82) is 0 Å². The lowest BCUT2D eigenvalue weighted by atomic mass is 9.82. The summed E-state index contributed by atoms with van der Waals surface area (Å²) >= 11 is 8.09. The van der Waals surface area contributed by atoms with Crippen molar-refractivity contribution in [3.8, 4) is 0 Å². The van der Waals surface area contributed by atoms with Gasteiger partial charge in [-0.3, -0.25) is 34.2 Å². The lowest BCUT2D eigenvalue weighted by Gasteiger charge is -2.41. The normalized spacial score (nSPS) is 26.6. The van der Waals surface area contributed by atoms with Crippen molar-refractivity contribution in [2.45, 2.75) is 148 Å². The van der Waals surface area contributed by atoms with E-state index in [1.54, 1.807) is 20.9 Å². The van der Waals surface area contributed by atoms with E-state index in [-0.39, 0.29) is 94.6 Å². The summed E-state index contributed by atoms with van der Waals surface area (Å²) < 4.78 is 50.4. The first-order chi connectivity index (χ1) is 40.5. The highest BCUT2D eigenvalue weighted by Crippen LogP contribution is 2.49. The number of rotatable bonds is 28. The average Bonchev–Trinajstić information content (AvgIpc) is 3.36. The monoisotopic (exact) mass is 1240 g/mol. The van der Waals surface area contributed by atoms with Crippen LogP contribution in [0.5, 0.6) is 0 Å². The Morgan fingerprint density at radius 1 is 0.894 bits per heavy atom. The maximum atomic E-state index is 14.1. The number of anilines is 1. The fraction of sp³-hybridized carbons (Fsp3) is 0.695. The van der Waals surface area contributed by atoms with E-state index in [9.17, 15) is 43.5 Å². The van der Waals surface area contributed by atoms with Gasteiger partial charge in [0, 0.05) is 70.0 Å². The molecule has 26 heteroatoms. The molecular weight excluding hydrogens is 1150 g/mol. The number of halogens is 1. The van der Waals surface area contributed by atoms with Crippen LogP contribution in [0.15, 0.2) is 35.9 Å². The maximum Gasteiger partial charge on any atom is 0.409 e. The number of nitrogens with zero attached hydrogens (tertiary/aromatic N) is 3. The third kappa shape index (κ3) is 21.9. The summed E-state index contributed by atoms with van der Waals surface area (Å²) in [4.78, 5) is 108. The van der Waals surface area contributed by atoms with E-state index in [0.717, 1.165) is 33.1 Å². The number of benzene rings is 1. The molecule has 4 bridgehead atoms. The van der Waals surface area contributed by atoms with Crippen molar-refractivity contribution < 1.29 is 90.9 Å². The smallest absolute Gasteiger partial charge is 0.409 e. The Labute approximate surface area is 507 Å². The molecule has 4 fully saturated rings. The fourth-order valence-electron chi connectivity index (χ4n) is 9.85.